The fraction of sp³-hybridized carbons (Fsp3) is 0.667. The number of fused-ring (bicyclic) bond motifs is 1. The van der Waals surface area contributed by atoms with E-state index in [0.717, 1.165) is 19.6 Å². The number of hydrogen-bond donors (Lipinski definition) is 1. The first-order chi connectivity index (χ1) is 8.10. The summed E-state index contributed by atoms with van der Waals surface area (Å²) < 4.78 is 4.97. The summed E-state index contributed by atoms with van der Waals surface area (Å²) in [6.07, 6.45) is 1.51. The van der Waals surface area contributed by atoms with Crippen LogP contribution in [0.3, 0.4) is 0 Å². The van der Waals surface area contributed by atoms with Crippen molar-refractivity contribution < 1.29 is 9.32 Å². The minimum absolute atomic E-state index is 0.0399. The molecule has 2 saturated heterocycles. The maximum Gasteiger partial charge on any atom is 0.292 e. The maximum absolute atomic E-state index is 12.3. The van der Waals surface area contributed by atoms with E-state index < -0.39 is 0 Å². The van der Waals surface area contributed by atoms with E-state index in [1.807, 2.05) is 4.90 Å². The van der Waals surface area contributed by atoms with Gasteiger partial charge in [0.05, 0.1) is 6.20 Å². The monoisotopic (exact) mass is 235 g/mol. The lowest BCUT2D eigenvalue weighted by molar-refractivity contribution is 0.0561. The molecule has 0 bridgehead atoms. The van der Waals surface area contributed by atoms with Crippen LogP contribution in [0.5, 0.6) is 0 Å². The van der Waals surface area contributed by atoms with Crippen molar-refractivity contribution in [3.05, 3.63) is 18.0 Å². The standard InChI is InChI=1S/C12H17N3O2/c1-12(2)9-6-13-5-8(9)7-15(12)11(16)10-3-4-14-17-10/h3-4,8-9,13H,5-7H2,1-2H3. The van der Waals surface area contributed by atoms with E-state index in [-0.39, 0.29) is 11.4 Å². The van der Waals surface area contributed by atoms with Crippen molar-refractivity contribution in [1.29, 1.82) is 0 Å². The van der Waals surface area contributed by atoms with Gasteiger partial charge < -0.3 is 14.7 Å². The zero-order valence-electron chi connectivity index (χ0n) is 10.1. The van der Waals surface area contributed by atoms with Crippen LogP contribution in [0.1, 0.15) is 24.4 Å². The lowest BCUT2D eigenvalue weighted by atomic mass is 9.85. The molecule has 5 nitrogen and oxygen atoms in total. The molecule has 1 amide bonds. The minimum Gasteiger partial charge on any atom is -0.351 e. The van der Waals surface area contributed by atoms with Gasteiger partial charge in [0.2, 0.25) is 5.76 Å². The number of aromatic nitrogens is 1. The van der Waals surface area contributed by atoms with Crippen LogP contribution in [0.2, 0.25) is 0 Å². The molecule has 1 aromatic heterocycles. The molecule has 17 heavy (non-hydrogen) atoms. The molecular formula is C12H17N3O2. The molecule has 2 aliphatic heterocycles. The van der Waals surface area contributed by atoms with Gasteiger partial charge in [-0.3, -0.25) is 4.79 Å². The molecule has 2 fully saturated rings. The summed E-state index contributed by atoms with van der Waals surface area (Å²) in [6.45, 7) is 7.09. The molecular weight excluding hydrogens is 218 g/mol. The van der Waals surface area contributed by atoms with Crippen molar-refractivity contribution in [3.63, 3.8) is 0 Å². The Morgan fingerprint density at radius 1 is 1.59 bits per heavy atom. The van der Waals surface area contributed by atoms with Crippen LogP contribution in [-0.2, 0) is 0 Å². The van der Waals surface area contributed by atoms with Crippen molar-refractivity contribution >= 4 is 5.91 Å². The first-order valence-corrected chi connectivity index (χ1v) is 6.04. The van der Waals surface area contributed by atoms with E-state index in [9.17, 15) is 4.79 Å². The zero-order chi connectivity index (χ0) is 12.0. The van der Waals surface area contributed by atoms with Crippen LogP contribution in [0, 0.1) is 11.8 Å². The largest absolute Gasteiger partial charge is 0.351 e. The van der Waals surface area contributed by atoms with E-state index in [4.69, 9.17) is 4.52 Å². The Hall–Kier alpha value is -1.36. The smallest absolute Gasteiger partial charge is 0.292 e. The molecule has 2 atom stereocenters. The number of carbonyl (C=O) groups excluding carboxylic acids is 1. The number of amides is 1. The molecule has 0 spiro atoms. The second-order valence-corrected chi connectivity index (χ2v) is 5.47. The van der Waals surface area contributed by atoms with Crippen molar-refractivity contribution in [3.8, 4) is 0 Å². The summed E-state index contributed by atoms with van der Waals surface area (Å²) in [5, 5.41) is 7.00. The quantitative estimate of drug-likeness (QED) is 0.780. The Morgan fingerprint density at radius 3 is 3.06 bits per heavy atom. The lowest BCUT2D eigenvalue weighted by Gasteiger charge is -2.34. The van der Waals surface area contributed by atoms with Crippen molar-refractivity contribution in [2.24, 2.45) is 11.8 Å². The van der Waals surface area contributed by atoms with Crippen LogP contribution in [-0.4, -0.2) is 41.1 Å². The topological polar surface area (TPSA) is 58.4 Å². The summed E-state index contributed by atoms with van der Waals surface area (Å²) >= 11 is 0. The molecule has 0 radical (unpaired) electrons. The molecule has 1 N–H and O–H groups in total. The van der Waals surface area contributed by atoms with Gasteiger partial charge in [-0.25, -0.2) is 0 Å². The molecule has 2 unspecified atom stereocenters. The Bertz CT molecular complexity index is 427. The number of nitrogens with one attached hydrogen (secondary N) is 1. The fourth-order valence-corrected chi connectivity index (χ4v) is 3.23. The molecule has 5 heteroatoms. The lowest BCUT2D eigenvalue weighted by Crippen LogP contribution is -2.47. The van der Waals surface area contributed by atoms with Gasteiger partial charge in [0.15, 0.2) is 0 Å². The van der Waals surface area contributed by atoms with Crippen LogP contribution < -0.4 is 5.32 Å². The van der Waals surface area contributed by atoms with Crippen molar-refractivity contribution in [2.45, 2.75) is 19.4 Å². The van der Waals surface area contributed by atoms with Gasteiger partial charge in [0.1, 0.15) is 0 Å². The van der Waals surface area contributed by atoms with Gasteiger partial charge in [-0.05, 0) is 25.7 Å². The number of nitrogens with zero attached hydrogens (tertiary/aromatic N) is 2. The number of likely N-dealkylation sites (tertiary alicyclic amines) is 1. The Morgan fingerprint density at radius 2 is 2.41 bits per heavy atom. The van der Waals surface area contributed by atoms with E-state index in [2.05, 4.69) is 24.3 Å². The highest BCUT2D eigenvalue weighted by Crippen LogP contribution is 2.41. The third kappa shape index (κ3) is 1.49. The maximum atomic E-state index is 12.3. The van der Waals surface area contributed by atoms with E-state index in [1.165, 1.54) is 6.20 Å². The van der Waals surface area contributed by atoms with Gasteiger partial charge in [0.25, 0.3) is 5.91 Å². The second kappa shape index (κ2) is 3.57. The molecule has 3 rings (SSSR count). The second-order valence-electron chi connectivity index (χ2n) is 5.47. The summed E-state index contributed by atoms with van der Waals surface area (Å²) in [4.78, 5) is 14.3. The normalized spacial score (nSPS) is 30.6. The summed E-state index contributed by atoms with van der Waals surface area (Å²) in [5.41, 5.74) is -0.113. The average Bonchev–Trinajstić information content (AvgIpc) is 2.97. The van der Waals surface area contributed by atoms with E-state index in [1.54, 1.807) is 6.07 Å². The number of carbonyl (C=O) groups is 1. The highest BCUT2D eigenvalue weighted by Gasteiger charge is 2.51. The molecule has 3 heterocycles. The van der Waals surface area contributed by atoms with Crippen molar-refractivity contribution in [2.75, 3.05) is 19.6 Å². The molecule has 1 aromatic rings. The first kappa shape index (κ1) is 10.8. The average molecular weight is 235 g/mol. The molecule has 0 aromatic carbocycles. The van der Waals surface area contributed by atoms with Gasteiger partial charge in [0, 0.05) is 31.2 Å². The summed E-state index contributed by atoms with van der Waals surface area (Å²) in [7, 11) is 0. The SMILES string of the molecule is CC1(C)C2CNCC2CN1C(=O)c1ccno1. The van der Waals surface area contributed by atoms with Crippen LogP contribution >= 0.6 is 0 Å². The van der Waals surface area contributed by atoms with E-state index >= 15 is 0 Å². The van der Waals surface area contributed by atoms with Gasteiger partial charge in [-0.1, -0.05) is 5.16 Å². The number of hydrogen-bond acceptors (Lipinski definition) is 4. The Balaban J connectivity index is 1.87. The van der Waals surface area contributed by atoms with Crippen molar-refractivity contribution in [1.82, 2.24) is 15.4 Å². The Kier molecular flexibility index (Phi) is 2.26. The third-order valence-electron chi connectivity index (χ3n) is 4.25. The molecule has 92 valence electrons. The number of rotatable bonds is 1. The van der Waals surface area contributed by atoms with Crippen LogP contribution in [0.4, 0.5) is 0 Å². The van der Waals surface area contributed by atoms with Crippen LogP contribution in [0.15, 0.2) is 16.8 Å². The van der Waals surface area contributed by atoms with Crippen LogP contribution in [0.25, 0.3) is 0 Å². The predicted molar refractivity (Wildman–Crippen MR) is 61.5 cm³/mol. The molecule has 2 aliphatic rings. The fourth-order valence-electron chi connectivity index (χ4n) is 3.23. The molecule has 0 saturated carbocycles. The van der Waals surface area contributed by atoms with Gasteiger partial charge in [-0.2, -0.15) is 0 Å². The van der Waals surface area contributed by atoms with Gasteiger partial charge in [-0.15, -0.1) is 0 Å². The minimum atomic E-state index is -0.113. The third-order valence-corrected chi connectivity index (χ3v) is 4.25. The Labute approximate surface area is 100 Å². The molecule has 0 aliphatic carbocycles. The van der Waals surface area contributed by atoms with Gasteiger partial charge >= 0.3 is 0 Å². The first-order valence-electron chi connectivity index (χ1n) is 6.04. The van der Waals surface area contributed by atoms with E-state index in [0.29, 0.717) is 17.6 Å². The zero-order valence-corrected chi connectivity index (χ0v) is 10.1. The predicted octanol–water partition coefficient (Wildman–Crippen LogP) is 0.745. The highest BCUT2D eigenvalue weighted by atomic mass is 16.5. The highest BCUT2D eigenvalue weighted by molar-refractivity contribution is 5.92. The summed E-state index contributed by atoms with van der Waals surface area (Å²) in [6, 6.07) is 1.63. The summed E-state index contributed by atoms with van der Waals surface area (Å²) in [5.74, 6) is 1.40.